The van der Waals surface area contributed by atoms with E-state index in [0.29, 0.717) is 13.0 Å². The van der Waals surface area contributed by atoms with Gasteiger partial charge in [-0.1, -0.05) is 18.2 Å². The van der Waals surface area contributed by atoms with Crippen molar-refractivity contribution in [3.8, 4) is 5.75 Å². The summed E-state index contributed by atoms with van der Waals surface area (Å²) in [5.41, 5.74) is 1.02. The molecule has 0 aliphatic carbocycles. The minimum atomic E-state index is -0.849. The molecule has 1 aromatic rings. The third-order valence-corrected chi connectivity index (χ3v) is 5.30. The van der Waals surface area contributed by atoms with E-state index < -0.39 is 42.3 Å². The number of fused-ring (bicyclic) bond motifs is 3. The largest absolute Gasteiger partial charge is 0.496 e. The molecular weight excluding hydrogens is 378 g/mol. The second-order valence-electron chi connectivity index (χ2n) is 8.44. The molecule has 0 bridgehead atoms. The Labute approximate surface area is 170 Å². The number of nitrogens with one attached hydrogen (secondary N) is 1. The summed E-state index contributed by atoms with van der Waals surface area (Å²) in [5, 5.41) is 2.94. The minimum absolute atomic E-state index is 0.261. The number of rotatable bonds is 5. The van der Waals surface area contributed by atoms with Crippen LogP contribution in [0.15, 0.2) is 24.3 Å². The lowest BCUT2D eigenvalue weighted by Crippen LogP contribution is -2.59. The maximum absolute atomic E-state index is 12.9. The smallest absolute Gasteiger partial charge is 0.252 e. The maximum atomic E-state index is 12.9. The number of amides is 1. The summed E-state index contributed by atoms with van der Waals surface area (Å²) < 4.78 is 35.2. The molecule has 0 spiro atoms. The van der Waals surface area contributed by atoms with Crippen molar-refractivity contribution in [3.05, 3.63) is 29.8 Å². The van der Waals surface area contributed by atoms with Crippen LogP contribution >= 0.6 is 0 Å². The van der Waals surface area contributed by atoms with Crippen molar-refractivity contribution in [2.45, 2.75) is 76.4 Å². The summed E-state index contributed by atoms with van der Waals surface area (Å²) in [4.78, 5) is 12.9. The van der Waals surface area contributed by atoms with Gasteiger partial charge in [0.1, 0.15) is 24.1 Å². The molecule has 0 unspecified atom stereocenters. The van der Waals surface area contributed by atoms with Crippen LogP contribution in [0, 0.1) is 0 Å². The van der Waals surface area contributed by atoms with E-state index >= 15 is 0 Å². The molecule has 1 aromatic carbocycles. The first-order valence-corrected chi connectivity index (χ1v) is 9.95. The SMILES string of the molecule is COc1ccccc1CCNC(=O)[C@@H]1O[C@@H]2OC(C)(C)O[C@@H]2[C@@H]2OC(C)(C)O[C@@H]21. The third-order valence-electron chi connectivity index (χ3n) is 5.30. The Balaban J connectivity index is 1.43. The van der Waals surface area contributed by atoms with E-state index in [-0.39, 0.29) is 5.91 Å². The van der Waals surface area contributed by atoms with Gasteiger partial charge in [-0.2, -0.15) is 0 Å². The molecule has 3 heterocycles. The third kappa shape index (κ3) is 4.13. The van der Waals surface area contributed by atoms with Gasteiger partial charge in [0.15, 0.2) is 24.0 Å². The average molecular weight is 407 g/mol. The summed E-state index contributed by atoms with van der Waals surface area (Å²) in [7, 11) is 1.63. The molecule has 0 aromatic heterocycles. The molecule has 0 saturated carbocycles. The fourth-order valence-corrected chi connectivity index (χ4v) is 4.15. The van der Waals surface area contributed by atoms with E-state index in [2.05, 4.69) is 5.32 Å². The Kier molecular flexibility index (Phi) is 5.33. The van der Waals surface area contributed by atoms with Crippen molar-refractivity contribution >= 4 is 5.91 Å². The Hall–Kier alpha value is -1.71. The lowest BCUT2D eigenvalue weighted by Gasteiger charge is -2.36. The summed E-state index contributed by atoms with van der Waals surface area (Å²) in [6.07, 6.45) is -2.37. The molecule has 8 nitrogen and oxygen atoms in total. The second-order valence-corrected chi connectivity index (χ2v) is 8.44. The first-order valence-electron chi connectivity index (χ1n) is 9.95. The van der Waals surface area contributed by atoms with Crippen LogP contribution in [0.1, 0.15) is 33.3 Å². The molecule has 160 valence electrons. The highest BCUT2D eigenvalue weighted by atomic mass is 16.9. The molecule has 1 N–H and O–H groups in total. The van der Waals surface area contributed by atoms with Crippen LogP contribution in [0.3, 0.4) is 0 Å². The van der Waals surface area contributed by atoms with Gasteiger partial charge in [-0.25, -0.2) is 0 Å². The number of ether oxygens (including phenoxy) is 6. The van der Waals surface area contributed by atoms with Gasteiger partial charge < -0.3 is 33.7 Å². The molecule has 5 atom stereocenters. The lowest BCUT2D eigenvalue weighted by atomic mass is 9.98. The number of methoxy groups -OCH3 is 1. The second kappa shape index (κ2) is 7.52. The highest BCUT2D eigenvalue weighted by Crippen LogP contribution is 2.44. The maximum Gasteiger partial charge on any atom is 0.252 e. The Bertz CT molecular complexity index is 765. The van der Waals surface area contributed by atoms with Gasteiger partial charge in [-0.3, -0.25) is 4.79 Å². The van der Waals surface area contributed by atoms with E-state index in [9.17, 15) is 4.79 Å². The van der Waals surface area contributed by atoms with Crippen LogP contribution in [0.4, 0.5) is 0 Å². The summed E-state index contributed by atoms with van der Waals surface area (Å²) in [5.74, 6) is -1.11. The average Bonchev–Trinajstić information content (AvgIpc) is 3.15. The number of para-hydroxylation sites is 1. The molecule has 3 saturated heterocycles. The highest BCUT2D eigenvalue weighted by molar-refractivity contribution is 5.81. The summed E-state index contributed by atoms with van der Waals surface area (Å²) >= 11 is 0. The van der Waals surface area contributed by atoms with E-state index in [1.165, 1.54) is 0 Å². The highest BCUT2D eigenvalue weighted by Gasteiger charge is 2.62. The Morgan fingerprint density at radius 3 is 2.41 bits per heavy atom. The van der Waals surface area contributed by atoms with Gasteiger partial charge >= 0.3 is 0 Å². The molecule has 29 heavy (non-hydrogen) atoms. The van der Waals surface area contributed by atoms with Crippen LogP contribution in [0.25, 0.3) is 0 Å². The quantitative estimate of drug-likeness (QED) is 0.796. The fraction of sp³-hybridized carbons (Fsp3) is 0.667. The van der Waals surface area contributed by atoms with Crippen LogP contribution in [0.5, 0.6) is 5.75 Å². The van der Waals surface area contributed by atoms with Gasteiger partial charge in [0.25, 0.3) is 5.91 Å². The van der Waals surface area contributed by atoms with Crippen LogP contribution in [-0.4, -0.2) is 61.8 Å². The molecule has 4 rings (SSSR count). The summed E-state index contributed by atoms with van der Waals surface area (Å²) in [6.45, 7) is 7.70. The van der Waals surface area contributed by atoms with Crippen molar-refractivity contribution in [1.82, 2.24) is 5.32 Å². The van der Waals surface area contributed by atoms with Gasteiger partial charge in [-0.05, 0) is 45.7 Å². The number of carbonyl (C=O) groups is 1. The van der Waals surface area contributed by atoms with Crippen LogP contribution < -0.4 is 10.1 Å². The van der Waals surface area contributed by atoms with Crippen LogP contribution in [-0.2, 0) is 34.9 Å². The molecule has 3 aliphatic rings. The number of carbonyl (C=O) groups excluding carboxylic acids is 1. The molecule has 3 fully saturated rings. The first-order chi connectivity index (χ1) is 13.7. The van der Waals surface area contributed by atoms with Crippen molar-refractivity contribution < 1.29 is 33.2 Å². The number of hydrogen-bond donors (Lipinski definition) is 1. The van der Waals surface area contributed by atoms with Gasteiger partial charge in [0.2, 0.25) is 0 Å². The fourth-order valence-electron chi connectivity index (χ4n) is 4.15. The predicted molar refractivity (Wildman–Crippen MR) is 102 cm³/mol. The zero-order valence-corrected chi connectivity index (χ0v) is 17.5. The molecule has 3 aliphatic heterocycles. The van der Waals surface area contributed by atoms with Crippen LogP contribution in [0.2, 0.25) is 0 Å². The zero-order chi connectivity index (χ0) is 20.8. The Morgan fingerprint density at radius 1 is 1.00 bits per heavy atom. The lowest BCUT2D eigenvalue weighted by molar-refractivity contribution is -0.231. The van der Waals surface area contributed by atoms with E-state index in [1.54, 1.807) is 7.11 Å². The Morgan fingerprint density at radius 2 is 1.66 bits per heavy atom. The molecular formula is C21H29NO7. The van der Waals surface area contributed by atoms with Crippen molar-refractivity contribution in [3.63, 3.8) is 0 Å². The molecule has 0 radical (unpaired) electrons. The van der Waals surface area contributed by atoms with Gasteiger partial charge in [-0.15, -0.1) is 0 Å². The van der Waals surface area contributed by atoms with Crippen molar-refractivity contribution in [1.29, 1.82) is 0 Å². The van der Waals surface area contributed by atoms with E-state index in [4.69, 9.17) is 28.4 Å². The predicted octanol–water partition coefficient (Wildman–Crippen LogP) is 1.75. The van der Waals surface area contributed by atoms with Gasteiger partial charge in [0.05, 0.1) is 7.11 Å². The monoisotopic (exact) mass is 407 g/mol. The first kappa shape index (κ1) is 20.6. The number of benzene rings is 1. The van der Waals surface area contributed by atoms with E-state index in [1.807, 2.05) is 52.0 Å². The normalized spacial score (nSPS) is 34.3. The van der Waals surface area contributed by atoms with E-state index in [0.717, 1.165) is 11.3 Å². The van der Waals surface area contributed by atoms with Gasteiger partial charge in [0, 0.05) is 6.54 Å². The van der Waals surface area contributed by atoms with Crippen molar-refractivity contribution in [2.24, 2.45) is 0 Å². The standard InChI is InChI=1S/C21H29NO7/c1-20(2)26-14-15(27-20)17-19(29-21(3,4)28-17)25-16(14)18(23)22-11-10-12-8-6-7-9-13(12)24-5/h6-9,14-17,19H,10-11H2,1-5H3,(H,22,23)/t14-,15+,16+,17+,19+/m0/s1. The van der Waals surface area contributed by atoms with Crippen molar-refractivity contribution in [2.75, 3.05) is 13.7 Å². The number of hydrogen-bond acceptors (Lipinski definition) is 7. The zero-order valence-electron chi connectivity index (χ0n) is 17.5. The topological polar surface area (TPSA) is 84.5 Å². The summed E-state index contributed by atoms with van der Waals surface area (Å²) in [6, 6.07) is 7.74. The molecule has 1 amide bonds. The minimum Gasteiger partial charge on any atom is -0.496 e. The molecule has 8 heteroatoms.